The first-order chi connectivity index (χ1) is 8.09. The molecule has 3 N–H and O–H groups in total. The third kappa shape index (κ3) is 5.31. The predicted octanol–water partition coefficient (Wildman–Crippen LogP) is 1.42. The Morgan fingerprint density at radius 2 is 2.24 bits per heavy atom. The van der Waals surface area contributed by atoms with E-state index in [1.807, 2.05) is 0 Å². The van der Waals surface area contributed by atoms with Gasteiger partial charge in [-0.15, -0.1) is 0 Å². The third-order valence-electron chi connectivity index (χ3n) is 1.97. The van der Waals surface area contributed by atoms with E-state index in [1.165, 1.54) is 0 Å². The molecular formula is C12H19N3O2. The lowest BCUT2D eigenvalue weighted by molar-refractivity contribution is 0.0806. The molecule has 0 radical (unpaired) electrons. The highest BCUT2D eigenvalue weighted by molar-refractivity contribution is 5.95. The van der Waals surface area contributed by atoms with Crippen molar-refractivity contribution in [3.63, 3.8) is 0 Å². The molecule has 5 nitrogen and oxygen atoms in total. The number of pyridine rings is 1. The number of nitrogens with one attached hydrogen (secondary N) is 1. The molecule has 1 rings (SSSR count). The second-order valence-corrected chi connectivity index (χ2v) is 4.11. The van der Waals surface area contributed by atoms with Gasteiger partial charge in [0.05, 0.1) is 6.61 Å². The summed E-state index contributed by atoms with van der Waals surface area (Å²) in [5.74, 6) is 0.994. The minimum absolute atomic E-state index is 0.00769. The fourth-order valence-electron chi connectivity index (χ4n) is 1.18. The minimum Gasteiger partial charge on any atom is -0.475 e. The van der Waals surface area contributed by atoms with Crippen LogP contribution in [0, 0.1) is 11.3 Å². The van der Waals surface area contributed by atoms with E-state index in [0.717, 1.165) is 6.61 Å². The van der Waals surface area contributed by atoms with Crippen molar-refractivity contribution in [1.82, 2.24) is 4.98 Å². The number of nitrogens with zero attached hydrogens (tertiary/aromatic N) is 1. The maximum atomic E-state index is 7.29. The van der Waals surface area contributed by atoms with Crippen molar-refractivity contribution in [1.29, 1.82) is 5.41 Å². The van der Waals surface area contributed by atoms with Crippen molar-refractivity contribution in [2.45, 2.75) is 13.8 Å². The van der Waals surface area contributed by atoms with Crippen LogP contribution in [0.3, 0.4) is 0 Å². The minimum atomic E-state index is 0.00769. The number of aromatic nitrogens is 1. The van der Waals surface area contributed by atoms with Gasteiger partial charge in [0.15, 0.2) is 0 Å². The molecule has 0 atom stereocenters. The molecule has 0 saturated carbocycles. The molecule has 94 valence electrons. The van der Waals surface area contributed by atoms with Crippen LogP contribution in [0.4, 0.5) is 0 Å². The van der Waals surface area contributed by atoms with Gasteiger partial charge in [0.25, 0.3) is 0 Å². The number of nitrogen functional groups attached to an aromatic ring is 1. The summed E-state index contributed by atoms with van der Waals surface area (Å²) in [6.07, 6.45) is 1.57. The highest BCUT2D eigenvalue weighted by atomic mass is 16.5. The average molecular weight is 237 g/mol. The van der Waals surface area contributed by atoms with Gasteiger partial charge in [-0.2, -0.15) is 0 Å². The smallest absolute Gasteiger partial charge is 0.213 e. The Labute approximate surface area is 101 Å². The lowest BCUT2D eigenvalue weighted by Gasteiger charge is -2.08. The molecule has 0 aliphatic carbocycles. The molecule has 0 spiro atoms. The summed E-state index contributed by atoms with van der Waals surface area (Å²) in [5.41, 5.74) is 5.98. The topological polar surface area (TPSA) is 81.2 Å². The van der Waals surface area contributed by atoms with E-state index >= 15 is 0 Å². The summed E-state index contributed by atoms with van der Waals surface area (Å²) in [7, 11) is 0. The van der Waals surface area contributed by atoms with Gasteiger partial charge in [0.2, 0.25) is 5.88 Å². The number of ether oxygens (including phenoxy) is 2. The first kappa shape index (κ1) is 13.4. The Morgan fingerprint density at radius 3 is 2.88 bits per heavy atom. The molecule has 0 saturated heterocycles. The highest BCUT2D eigenvalue weighted by Gasteiger charge is 2.01. The molecule has 5 heteroatoms. The van der Waals surface area contributed by atoms with Gasteiger partial charge in [-0.1, -0.05) is 13.8 Å². The molecular weight excluding hydrogens is 218 g/mol. The molecule has 0 amide bonds. The van der Waals surface area contributed by atoms with Crippen LogP contribution >= 0.6 is 0 Å². The fraction of sp³-hybridized carbons (Fsp3) is 0.500. The lowest BCUT2D eigenvalue weighted by atomic mass is 10.2. The van der Waals surface area contributed by atoms with Crippen LogP contribution < -0.4 is 10.5 Å². The zero-order chi connectivity index (χ0) is 12.7. The Hall–Kier alpha value is -1.62. The lowest BCUT2D eigenvalue weighted by Crippen LogP contribution is -2.13. The van der Waals surface area contributed by atoms with Gasteiger partial charge in [-0.3, -0.25) is 5.41 Å². The van der Waals surface area contributed by atoms with Gasteiger partial charge >= 0.3 is 0 Å². The molecule has 1 aromatic rings. The van der Waals surface area contributed by atoms with Crippen LogP contribution in [-0.4, -0.2) is 30.6 Å². The van der Waals surface area contributed by atoms with Crippen molar-refractivity contribution in [2.24, 2.45) is 11.7 Å². The van der Waals surface area contributed by atoms with Crippen LogP contribution in [0.1, 0.15) is 19.4 Å². The van der Waals surface area contributed by atoms with E-state index in [4.69, 9.17) is 20.6 Å². The predicted molar refractivity (Wildman–Crippen MR) is 66.4 cm³/mol. The summed E-state index contributed by atoms with van der Waals surface area (Å²) in [4.78, 5) is 4.02. The summed E-state index contributed by atoms with van der Waals surface area (Å²) in [6, 6.07) is 3.31. The number of amidine groups is 1. The molecule has 0 aliphatic rings. The van der Waals surface area contributed by atoms with E-state index in [1.54, 1.807) is 18.3 Å². The van der Waals surface area contributed by atoms with Gasteiger partial charge < -0.3 is 15.2 Å². The van der Waals surface area contributed by atoms with Gasteiger partial charge in [-0.25, -0.2) is 4.98 Å². The number of hydrogen-bond acceptors (Lipinski definition) is 4. The summed E-state index contributed by atoms with van der Waals surface area (Å²) in [5, 5.41) is 7.29. The zero-order valence-corrected chi connectivity index (χ0v) is 10.3. The van der Waals surface area contributed by atoms with E-state index in [2.05, 4.69) is 18.8 Å². The zero-order valence-electron chi connectivity index (χ0n) is 10.3. The highest BCUT2D eigenvalue weighted by Crippen LogP contribution is 2.08. The van der Waals surface area contributed by atoms with Crippen molar-refractivity contribution < 1.29 is 9.47 Å². The van der Waals surface area contributed by atoms with Gasteiger partial charge in [0, 0.05) is 24.4 Å². The summed E-state index contributed by atoms with van der Waals surface area (Å²) in [6.45, 7) is 5.90. The largest absolute Gasteiger partial charge is 0.475 e. The van der Waals surface area contributed by atoms with Crippen LogP contribution in [0.15, 0.2) is 18.3 Å². The molecule has 0 aromatic carbocycles. The number of nitrogens with two attached hydrogens (primary N) is 1. The standard InChI is InChI=1S/C12H19N3O2/c1-9(2)8-16-5-6-17-11-7-10(12(13)14)3-4-15-11/h3-4,7,9H,5-6,8H2,1-2H3,(H3,13,14). The quantitative estimate of drug-likeness (QED) is 0.427. The first-order valence-corrected chi connectivity index (χ1v) is 5.60. The second kappa shape index (κ2) is 6.85. The fourth-order valence-corrected chi connectivity index (χ4v) is 1.18. The SMILES string of the molecule is CC(C)COCCOc1cc(C(=N)N)ccn1. The van der Waals surface area contributed by atoms with Crippen molar-refractivity contribution >= 4 is 5.84 Å². The normalized spacial score (nSPS) is 10.5. The third-order valence-corrected chi connectivity index (χ3v) is 1.97. The van der Waals surface area contributed by atoms with Crippen molar-refractivity contribution in [2.75, 3.05) is 19.8 Å². The monoisotopic (exact) mass is 237 g/mol. The van der Waals surface area contributed by atoms with Crippen LogP contribution in [-0.2, 0) is 4.74 Å². The van der Waals surface area contributed by atoms with Crippen LogP contribution in [0.5, 0.6) is 5.88 Å². The first-order valence-electron chi connectivity index (χ1n) is 5.60. The van der Waals surface area contributed by atoms with Crippen molar-refractivity contribution in [3.8, 4) is 5.88 Å². The molecule has 17 heavy (non-hydrogen) atoms. The van der Waals surface area contributed by atoms with Gasteiger partial charge in [0.1, 0.15) is 12.4 Å². The van der Waals surface area contributed by atoms with Crippen LogP contribution in [0.25, 0.3) is 0 Å². The summed E-state index contributed by atoms with van der Waals surface area (Å²) >= 11 is 0. The maximum absolute atomic E-state index is 7.29. The number of hydrogen-bond donors (Lipinski definition) is 2. The Morgan fingerprint density at radius 1 is 1.47 bits per heavy atom. The Bertz CT molecular complexity index is 367. The summed E-state index contributed by atoms with van der Waals surface area (Å²) < 4.78 is 10.8. The molecule has 0 aliphatic heterocycles. The second-order valence-electron chi connectivity index (χ2n) is 4.11. The van der Waals surface area contributed by atoms with E-state index in [-0.39, 0.29) is 5.84 Å². The Kier molecular flexibility index (Phi) is 5.42. The van der Waals surface area contributed by atoms with Crippen LogP contribution in [0.2, 0.25) is 0 Å². The average Bonchev–Trinajstić information content (AvgIpc) is 2.28. The molecule has 0 unspecified atom stereocenters. The van der Waals surface area contributed by atoms with E-state index < -0.39 is 0 Å². The Balaban J connectivity index is 2.31. The maximum Gasteiger partial charge on any atom is 0.213 e. The van der Waals surface area contributed by atoms with E-state index in [9.17, 15) is 0 Å². The van der Waals surface area contributed by atoms with Gasteiger partial charge in [-0.05, 0) is 12.0 Å². The molecule has 0 bridgehead atoms. The molecule has 1 aromatic heterocycles. The van der Waals surface area contributed by atoms with E-state index in [0.29, 0.717) is 30.6 Å². The molecule has 0 fully saturated rings. The number of rotatable bonds is 7. The van der Waals surface area contributed by atoms with Crippen molar-refractivity contribution in [3.05, 3.63) is 23.9 Å². The molecule has 1 heterocycles.